The third kappa shape index (κ3) is 4.13. The summed E-state index contributed by atoms with van der Waals surface area (Å²) >= 11 is 0. The number of methoxy groups -OCH3 is 1. The Bertz CT molecular complexity index is 561. The molecule has 0 spiro atoms. The number of alkyl carbamates (subject to hydrolysis) is 1. The van der Waals surface area contributed by atoms with Gasteiger partial charge in [0, 0.05) is 31.6 Å². The van der Waals surface area contributed by atoms with Gasteiger partial charge in [-0.2, -0.15) is 0 Å². The van der Waals surface area contributed by atoms with Crippen LogP contribution in [0.2, 0.25) is 0 Å². The molecule has 3 aliphatic rings. The van der Waals surface area contributed by atoms with Crippen molar-refractivity contribution in [3.63, 3.8) is 0 Å². The number of likely N-dealkylation sites (tertiary alicyclic amines) is 2. The van der Waals surface area contributed by atoms with Gasteiger partial charge < -0.3 is 19.9 Å². The molecule has 0 aromatic carbocycles. The number of rotatable bonds is 5. The van der Waals surface area contributed by atoms with Gasteiger partial charge in [0.25, 0.3) is 0 Å². The second kappa shape index (κ2) is 7.84. The maximum Gasteiger partial charge on any atom is 0.407 e. The van der Waals surface area contributed by atoms with Gasteiger partial charge in [0.1, 0.15) is 6.04 Å². The van der Waals surface area contributed by atoms with Crippen LogP contribution in [0.4, 0.5) is 4.79 Å². The molecule has 26 heavy (non-hydrogen) atoms. The fourth-order valence-corrected chi connectivity index (χ4v) is 4.43. The molecular formula is C19H31N3O4. The summed E-state index contributed by atoms with van der Waals surface area (Å²) in [5.41, 5.74) is 0. The number of ether oxygens (including phenoxy) is 1. The maximum atomic E-state index is 13.0. The lowest BCUT2D eigenvalue weighted by molar-refractivity contribution is -0.145. The van der Waals surface area contributed by atoms with E-state index in [1.165, 1.54) is 7.11 Å². The molecule has 0 aromatic rings. The zero-order valence-electron chi connectivity index (χ0n) is 16.1. The lowest BCUT2D eigenvalue weighted by Crippen LogP contribution is -2.59. The molecule has 3 amide bonds. The van der Waals surface area contributed by atoms with Crippen LogP contribution < -0.4 is 5.32 Å². The SMILES string of the molecule is COC(=O)N[C@H](CC(C)C)C(=O)N1CC[C@@H]2[C@@H](CCC(=O)N2C2CC2)C1. The number of nitrogens with one attached hydrogen (secondary N) is 1. The zero-order chi connectivity index (χ0) is 18.8. The molecule has 2 saturated heterocycles. The molecule has 0 bridgehead atoms. The lowest BCUT2D eigenvalue weighted by atomic mass is 9.83. The molecule has 3 atom stereocenters. The fourth-order valence-electron chi connectivity index (χ4n) is 4.43. The van der Waals surface area contributed by atoms with E-state index in [-0.39, 0.29) is 17.9 Å². The van der Waals surface area contributed by atoms with E-state index in [0.29, 0.717) is 43.8 Å². The number of carbonyl (C=O) groups is 3. The minimum atomic E-state index is -0.568. The summed E-state index contributed by atoms with van der Waals surface area (Å²) in [6.07, 6.45) is 4.55. The van der Waals surface area contributed by atoms with Gasteiger partial charge in [-0.15, -0.1) is 0 Å². The van der Waals surface area contributed by atoms with Crippen LogP contribution in [0.3, 0.4) is 0 Å². The van der Waals surface area contributed by atoms with E-state index < -0.39 is 12.1 Å². The summed E-state index contributed by atoms with van der Waals surface area (Å²) in [5, 5.41) is 2.69. The van der Waals surface area contributed by atoms with Crippen LogP contribution in [0.5, 0.6) is 0 Å². The molecule has 1 N–H and O–H groups in total. The Balaban J connectivity index is 1.65. The van der Waals surface area contributed by atoms with Crippen LogP contribution in [0.25, 0.3) is 0 Å². The Morgan fingerprint density at radius 1 is 1.23 bits per heavy atom. The van der Waals surface area contributed by atoms with Gasteiger partial charge >= 0.3 is 6.09 Å². The third-order valence-corrected chi connectivity index (χ3v) is 5.80. The summed E-state index contributed by atoms with van der Waals surface area (Å²) < 4.78 is 4.68. The molecule has 0 radical (unpaired) electrons. The first-order valence-electron chi connectivity index (χ1n) is 9.85. The number of hydrogen-bond acceptors (Lipinski definition) is 4. The van der Waals surface area contributed by atoms with Crippen LogP contribution in [-0.4, -0.2) is 66.0 Å². The van der Waals surface area contributed by atoms with Crippen LogP contribution in [-0.2, 0) is 14.3 Å². The molecule has 1 aliphatic carbocycles. The van der Waals surface area contributed by atoms with Crippen LogP contribution in [0.1, 0.15) is 52.4 Å². The van der Waals surface area contributed by atoms with Crippen molar-refractivity contribution in [3.05, 3.63) is 0 Å². The van der Waals surface area contributed by atoms with E-state index in [1.807, 2.05) is 18.7 Å². The van der Waals surface area contributed by atoms with E-state index in [9.17, 15) is 14.4 Å². The molecule has 1 saturated carbocycles. The molecule has 2 heterocycles. The van der Waals surface area contributed by atoms with Gasteiger partial charge in [-0.3, -0.25) is 9.59 Å². The number of hydrogen-bond donors (Lipinski definition) is 1. The van der Waals surface area contributed by atoms with Crippen molar-refractivity contribution in [3.8, 4) is 0 Å². The number of fused-ring (bicyclic) bond motifs is 1. The molecule has 7 nitrogen and oxygen atoms in total. The molecule has 0 aromatic heterocycles. The predicted molar refractivity (Wildman–Crippen MR) is 96.4 cm³/mol. The zero-order valence-corrected chi connectivity index (χ0v) is 16.1. The summed E-state index contributed by atoms with van der Waals surface area (Å²) in [6.45, 7) is 5.39. The lowest BCUT2D eigenvalue weighted by Gasteiger charge is -2.47. The Kier molecular flexibility index (Phi) is 5.73. The Morgan fingerprint density at radius 3 is 2.58 bits per heavy atom. The second-order valence-electron chi connectivity index (χ2n) is 8.29. The Morgan fingerprint density at radius 2 is 1.96 bits per heavy atom. The van der Waals surface area contributed by atoms with Gasteiger partial charge in [-0.25, -0.2) is 4.79 Å². The molecule has 3 fully saturated rings. The highest BCUT2D eigenvalue weighted by molar-refractivity contribution is 5.86. The Labute approximate surface area is 155 Å². The van der Waals surface area contributed by atoms with Crippen molar-refractivity contribution in [1.29, 1.82) is 0 Å². The quantitative estimate of drug-likeness (QED) is 0.805. The van der Waals surface area contributed by atoms with Crippen molar-refractivity contribution in [2.75, 3.05) is 20.2 Å². The minimum absolute atomic E-state index is 0.0302. The highest BCUT2D eigenvalue weighted by Crippen LogP contribution is 2.39. The smallest absolute Gasteiger partial charge is 0.407 e. The average molecular weight is 365 g/mol. The summed E-state index contributed by atoms with van der Waals surface area (Å²) in [5.74, 6) is 0.899. The second-order valence-corrected chi connectivity index (χ2v) is 8.29. The first-order chi connectivity index (χ1) is 12.4. The van der Waals surface area contributed by atoms with E-state index in [0.717, 1.165) is 25.7 Å². The Hall–Kier alpha value is -1.79. The van der Waals surface area contributed by atoms with E-state index >= 15 is 0 Å². The molecule has 3 rings (SSSR count). The predicted octanol–water partition coefficient (Wildman–Crippen LogP) is 1.76. The molecule has 2 aliphatic heterocycles. The standard InChI is InChI=1S/C19H31N3O4/c1-12(2)10-15(20-19(25)26-3)18(24)21-9-8-16-13(11-21)4-7-17(23)22(16)14-5-6-14/h12-16H,4-11H2,1-3H3,(H,20,25)/t13-,15+,16+/m0/s1. The first kappa shape index (κ1) is 19.0. The minimum Gasteiger partial charge on any atom is -0.453 e. The number of piperidine rings is 2. The topological polar surface area (TPSA) is 79.0 Å². The van der Waals surface area contributed by atoms with Crippen molar-refractivity contribution in [2.24, 2.45) is 11.8 Å². The largest absolute Gasteiger partial charge is 0.453 e. The van der Waals surface area contributed by atoms with E-state index in [2.05, 4.69) is 15.0 Å². The molecule has 0 unspecified atom stereocenters. The molecule has 7 heteroatoms. The van der Waals surface area contributed by atoms with Crippen LogP contribution in [0.15, 0.2) is 0 Å². The van der Waals surface area contributed by atoms with Crippen LogP contribution >= 0.6 is 0 Å². The van der Waals surface area contributed by atoms with Crippen molar-refractivity contribution in [1.82, 2.24) is 15.1 Å². The van der Waals surface area contributed by atoms with E-state index in [4.69, 9.17) is 0 Å². The van der Waals surface area contributed by atoms with Gasteiger partial charge in [0.15, 0.2) is 0 Å². The summed E-state index contributed by atoms with van der Waals surface area (Å²) in [6, 6.07) is 0.168. The summed E-state index contributed by atoms with van der Waals surface area (Å²) in [4.78, 5) is 41.0. The van der Waals surface area contributed by atoms with Gasteiger partial charge in [0.05, 0.1) is 7.11 Å². The van der Waals surface area contributed by atoms with Gasteiger partial charge in [0.2, 0.25) is 11.8 Å². The van der Waals surface area contributed by atoms with Crippen molar-refractivity contribution >= 4 is 17.9 Å². The summed E-state index contributed by atoms with van der Waals surface area (Å²) in [7, 11) is 1.31. The van der Waals surface area contributed by atoms with Crippen molar-refractivity contribution < 1.29 is 19.1 Å². The van der Waals surface area contributed by atoms with Gasteiger partial charge in [-0.05, 0) is 43.9 Å². The monoisotopic (exact) mass is 365 g/mol. The average Bonchev–Trinajstić information content (AvgIpc) is 3.44. The number of amides is 3. The number of nitrogens with zero attached hydrogens (tertiary/aromatic N) is 2. The highest BCUT2D eigenvalue weighted by Gasteiger charge is 2.46. The van der Waals surface area contributed by atoms with E-state index in [1.54, 1.807) is 0 Å². The van der Waals surface area contributed by atoms with Crippen LogP contribution in [0, 0.1) is 11.8 Å². The molecular weight excluding hydrogens is 334 g/mol. The molecule has 146 valence electrons. The third-order valence-electron chi connectivity index (χ3n) is 5.80. The van der Waals surface area contributed by atoms with Gasteiger partial charge in [-0.1, -0.05) is 13.8 Å². The first-order valence-corrected chi connectivity index (χ1v) is 9.85. The fraction of sp³-hybridized carbons (Fsp3) is 0.842. The normalized spacial score (nSPS) is 27.2. The highest BCUT2D eigenvalue weighted by atomic mass is 16.5. The maximum absolute atomic E-state index is 13.0. The number of carbonyl (C=O) groups excluding carboxylic acids is 3. The van der Waals surface area contributed by atoms with Crippen molar-refractivity contribution in [2.45, 2.75) is 70.5 Å².